The highest BCUT2D eigenvalue weighted by molar-refractivity contribution is 7.98. The van der Waals surface area contributed by atoms with Gasteiger partial charge in [0.25, 0.3) is 0 Å². The lowest BCUT2D eigenvalue weighted by atomic mass is 10.1. The monoisotopic (exact) mass is 263 g/mol. The second-order valence-electron chi connectivity index (χ2n) is 3.75. The number of hydrogen-bond donors (Lipinski definition) is 1. The van der Waals surface area contributed by atoms with Crippen molar-refractivity contribution in [2.24, 2.45) is 0 Å². The summed E-state index contributed by atoms with van der Waals surface area (Å²) < 4.78 is 13.0. The van der Waals surface area contributed by atoms with E-state index in [1.54, 1.807) is 23.9 Å². The largest absolute Gasteiger partial charge is 0.370 e. The van der Waals surface area contributed by atoms with E-state index in [1.165, 1.54) is 12.4 Å². The zero-order valence-electron chi connectivity index (χ0n) is 10.1. The van der Waals surface area contributed by atoms with Crippen LogP contribution in [0.3, 0.4) is 0 Å². The van der Waals surface area contributed by atoms with Crippen molar-refractivity contribution < 1.29 is 4.39 Å². The molecule has 0 saturated heterocycles. The first-order valence-electron chi connectivity index (χ1n) is 5.62. The second kappa shape index (κ2) is 6.35. The van der Waals surface area contributed by atoms with Gasteiger partial charge in [0.15, 0.2) is 0 Å². The van der Waals surface area contributed by atoms with Crippen LogP contribution < -0.4 is 5.32 Å². The van der Waals surface area contributed by atoms with Crippen molar-refractivity contribution in [1.82, 2.24) is 9.97 Å². The van der Waals surface area contributed by atoms with Crippen molar-refractivity contribution >= 4 is 17.6 Å². The van der Waals surface area contributed by atoms with Crippen molar-refractivity contribution in [3.05, 3.63) is 48.0 Å². The summed E-state index contributed by atoms with van der Waals surface area (Å²) in [6.07, 6.45) is 4.27. The summed E-state index contributed by atoms with van der Waals surface area (Å²) in [4.78, 5) is 8.22. The molecule has 0 atom stereocenters. The summed E-state index contributed by atoms with van der Waals surface area (Å²) in [6, 6.07) is 8.54. The van der Waals surface area contributed by atoms with E-state index in [-0.39, 0.29) is 5.82 Å². The van der Waals surface area contributed by atoms with E-state index in [0.717, 1.165) is 22.8 Å². The van der Waals surface area contributed by atoms with Gasteiger partial charge in [-0.2, -0.15) is 0 Å². The van der Waals surface area contributed by atoms with Crippen LogP contribution >= 0.6 is 11.8 Å². The Morgan fingerprint density at radius 3 is 2.94 bits per heavy atom. The van der Waals surface area contributed by atoms with Gasteiger partial charge >= 0.3 is 0 Å². The lowest BCUT2D eigenvalue weighted by Crippen LogP contribution is -2.06. The fourth-order valence-corrected chi connectivity index (χ4v) is 1.96. The molecule has 0 aliphatic rings. The molecule has 0 aliphatic heterocycles. The van der Waals surface area contributed by atoms with Gasteiger partial charge in [-0.15, -0.1) is 11.8 Å². The van der Waals surface area contributed by atoms with E-state index >= 15 is 0 Å². The maximum absolute atomic E-state index is 13.0. The van der Waals surface area contributed by atoms with E-state index in [0.29, 0.717) is 6.54 Å². The number of nitrogens with zero attached hydrogens (tertiary/aromatic N) is 2. The Balaban J connectivity index is 1.88. The van der Waals surface area contributed by atoms with E-state index in [1.807, 2.05) is 18.4 Å². The van der Waals surface area contributed by atoms with Crippen molar-refractivity contribution in [2.45, 2.75) is 11.4 Å². The molecule has 0 fully saturated rings. The number of rotatable bonds is 5. The van der Waals surface area contributed by atoms with E-state index in [9.17, 15) is 4.39 Å². The number of nitrogens with one attached hydrogen (secondary N) is 1. The van der Waals surface area contributed by atoms with Gasteiger partial charge in [0.05, 0.1) is 0 Å². The Kier molecular flexibility index (Phi) is 4.52. The Hall–Kier alpha value is -1.62. The highest BCUT2D eigenvalue weighted by atomic mass is 32.2. The molecule has 94 valence electrons. The Bertz CT molecular complexity index is 519. The standard InChI is InChI=1S/C13H14FN3S/c1-18-13-8-12(16-9-17-13)15-6-5-10-3-2-4-11(14)7-10/h2-4,7-9H,5-6H2,1H3,(H,15,16,17). The van der Waals surface area contributed by atoms with E-state index in [4.69, 9.17) is 0 Å². The van der Waals surface area contributed by atoms with Crippen LogP contribution in [0.5, 0.6) is 0 Å². The molecule has 0 spiro atoms. The van der Waals surface area contributed by atoms with Crippen LogP contribution in [-0.2, 0) is 6.42 Å². The molecule has 1 N–H and O–H groups in total. The molecule has 18 heavy (non-hydrogen) atoms. The predicted octanol–water partition coefficient (Wildman–Crippen LogP) is 2.99. The molecular formula is C13H14FN3S. The number of aromatic nitrogens is 2. The third kappa shape index (κ3) is 3.70. The summed E-state index contributed by atoms with van der Waals surface area (Å²) in [6.45, 7) is 0.717. The topological polar surface area (TPSA) is 37.8 Å². The third-order valence-corrected chi connectivity index (χ3v) is 3.10. The van der Waals surface area contributed by atoms with Crippen molar-refractivity contribution in [3.63, 3.8) is 0 Å². The predicted molar refractivity (Wildman–Crippen MR) is 72.4 cm³/mol. The molecule has 0 saturated carbocycles. The van der Waals surface area contributed by atoms with Crippen LogP contribution in [0.15, 0.2) is 41.7 Å². The molecule has 2 aromatic rings. The maximum atomic E-state index is 13.0. The lowest BCUT2D eigenvalue weighted by molar-refractivity contribution is 0.625. The lowest BCUT2D eigenvalue weighted by Gasteiger charge is -2.06. The van der Waals surface area contributed by atoms with Crippen molar-refractivity contribution in [1.29, 1.82) is 0 Å². The normalized spacial score (nSPS) is 10.3. The average molecular weight is 263 g/mol. The number of halogens is 1. The molecule has 1 aromatic carbocycles. The Morgan fingerprint density at radius 2 is 2.17 bits per heavy atom. The molecule has 1 heterocycles. The van der Waals surface area contributed by atoms with E-state index < -0.39 is 0 Å². The maximum Gasteiger partial charge on any atom is 0.130 e. The SMILES string of the molecule is CSc1cc(NCCc2cccc(F)c2)ncn1. The fourth-order valence-electron chi connectivity index (χ4n) is 1.58. The van der Waals surface area contributed by atoms with Crippen molar-refractivity contribution in [3.8, 4) is 0 Å². The first-order valence-corrected chi connectivity index (χ1v) is 6.85. The van der Waals surface area contributed by atoms with Gasteiger partial charge in [-0.3, -0.25) is 0 Å². The Labute approximate surface area is 110 Å². The van der Waals surface area contributed by atoms with Crippen LogP contribution in [0.1, 0.15) is 5.56 Å². The minimum Gasteiger partial charge on any atom is -0.370 e. The van der Waals surface area contributed by atoms with Crippen molar-refractivity contribution in [2.75, 3.05) is 18.1 Å². The first-order chi connectivity index (χ1) is 8.78. The zero-order chi connectivity index (χ0) is 12.8. The second-order valence-corrected chi connectivity index (χ2v) is 4.58. The summed E-state index contributed by atoms with van der Waals surface area (Å²) in [5.74, 6) is 0.602. The zero-order valence-corrected chi connectivity index (χ0v) is 10.9. The number of thioether (sulfide) groups is 1. The van der Waals surface area contributed by atoms with Crippen LogP contribution in [0.25, 0.3) is 0 Å². The minimum absolute atomic E-state index is 0.195. The minimum atomic E-state index is -0.195. The molecule has 1 aromatic heterocycles. The molecule has 0 amide bonds. The molecule has 2 rings (SSSR count). The number of anilines is 1. The van der Waals surface area contributed by atoms with Gasteiger partial charge in [-0.1, -0.05) is 12.1 Å². The highest BCUT2D eigenvalue weighted by Crippen LogP contribution is 2.13. The smallest absolute Gasteiger partial charge is 0.130 e. The van der Waals surface area contributed by atoms with Crippen LogP contribution in [0.4, 0.5) is 10.2 Å². The van der Waals surface area contributed by atoms with Gasteiger partial charge in [-0.25, -0.2) is 14.4 Å². The van der Waals surface area contributed by atoms with E-state index in [2.05, 4.69) is 15.3 Å². The molecule has 3 nitrogen and oxygen atoms in total. The highest BCUT2D eigenvalue weighted by Gasteiger charge is 1.98. The molecule has 0 unspecified atom stereocenters. The van der Waals surface area contributed by atoms with Gasteiger partial charge < -0.3 is 5.32 Å². The first kappa shape index (κ1) is 12.8. The Morgan fingerprint density at radius 1 is 1.28 bits per heavy atom. The van der Waals surface area contributed by atoms with Gasteiger partial charge in [0.2, 0.25) is 0 Å². The van der Waals surface area contributed by atoms with Crippen LogP contribution in [0.2, 0.25) is 0 Å². The third-order valence-electron chi connectivity index (χ3n) is 2.46. The average Bonchev–Trinajstić information content (AvgIpc) is 2.39. The summed E-state index contributed by atoms with van der Waals surface area (Å²) >= 11 is 1.57. The quantitative estimate of drug-likeness (QED) is 0.665. The molecule has 5 heteroatoms. The number of benzene rings is 1. The molecular weight excluding hydrogens is 249 g/mol. The molecule has 0 bridgehead atoms. The molecule has 0 radical (unpaired) electrons. The van der Waals surface area contributed by atoms with Gasteiger partial charge in [-0.05, 0) is 30.4 Å². The van der Waals surface area contributed by atoms with Gasteiger partial charge in [0, 0.05) is 12.6 Å². The van der Waals surface area contributed by atoms with Crippen LogP contribution in [0, 0.1) is 5.82 Å². The fraction of sp³-hybridized carbons (Fsp3) is 0.231. The van der Waals surface area contributed by atoms with Crippen LogP contribution in [-0.4, -0.2) is 22.8 Å². The summed E-state index contributed by atoms with van der Waals surface area (Å²) in [7, 11) is 0. The number of hydrogen-bond acceptors (Lipinski definition) is 4. The molecule has 0 aliphatic carbocycles. The summed E-state index contributed by atoms with van der Waals surface area (Å²) in [5.41, 5.74) is 0.974. The van der Waals surface area contributed by atoms with Gasteiger partial charge in [0.1, 0.15) is 23.0 Å². The summed E-state index contributed by atoms with van der Waals surface area (Å²) in [5, 5.41) is 4.13.